The zero-order chi connectivity index (χ0) is 11.9. The second-order valence-corrected chi connectivity index (χ2v) is 6.58. The summed E-state index contributed by atoms with van der Waals surface area (Å²) in [4.78, 5) is 0. The van der Waals surface area contributed by atoms with Gasteiger partial charge >= 0.3 is 0 Å². The topological polar surface area (TPSA) is 78.0 Å². The Morgan fingerprint density at radius 2 is 2.19 bits per heavy atom. The van der Waals surface area contributed by atoms with Crippen LogP contribution < -0.4 is 5.73 Å². The monoisotopic (exact) mass is 243 g/mol. The van der Waals surface area contributed by atoms with E-state index >= 15 is 0 Å². The molecule has 2 rings (SSSR count). The van der Waals surface area contributed by atoms with Crippen LogP contribution >= 0.6 is 0 Å². The summed E-state index contributed by atoms with van der Waals surface area (Å²) in [5.41, 5.74) is 8.59. The van der Waals surface area contributed by atoms with E-state index in [2.05, 4.69) is 5.10 Å². The number of nitrogens with two attached hydrogens (primary N) is 1. The van der Waals surface area contributed by atoms with Crippen molar-refractivity contribution in [3.8, 4) is 0 Å². The Hall–Kier alpha value is -0.880. The van der Waals surface area contributed by atoms with E-state index in [1.807, 2.05) is 18.5 Å². The molecule has 0 aliphatic carbocycles. The molecule has 1 aliphatic rings. The maximum Gasteiger partial charge on any atom is 0.152 e. The smallest absolute Gasteiger partial charge is 0.152 e. The molecular formula is C10H17N3O2S. The summed E-state index contributed by atoms with van der Waals surface area (Å²) in [6.07, 6.45) is 0.661. The Morgan fingerprint density at radius 3 is 2.62 bits per heavy atom. The van der Waals surface area contributed by atoms with Gasteiger partial charge in [-0.2, -0.15) is 5.10 Å². The molecule has 2 N–H and O–H groups in total. The van der Waals surface area contributed by atoms with Crippen LogP contribution in [-0.2, 0) is 16.4 Å². The largest absolute Gasteiger partial charge is 0.326 e. The lowest BCUT2D eigenvalue weighted by molar-refractivity contribution is 0.485. The number of rotatable bonds is 2. The second-order valence-electron chi connectivity index (χ2n) is 4.35. The molecule has 0 radical (unpaired) electrons. The van der Waals surface area contributed by atoms with Crippen molar-refractivity contribution < 1.29 is 8.42 Å². The van der Waals surface area contributed by atoms with E-state index in [9.17, 15) is 8.42 Å². The first-order chi connectivity index (χ1) is 7.44. The summed E-state index contributed by atoms with van der Waals surface area (Å²) in [6.45, 7) is 4.32. The third kappa shape index (κ3) is 1.87. The summed E-state index contributed by atoms with van der Waals surface area (Å²) >= 11 is 0. The predicted molar refractivity (Wildman–Crippen MR) is 61.9 cm³/mol. The molecule has 6 heteroatoms. The van der Waals surface area contributed by atoms with Crippen LogP contribution in [0.25, 0.3) is 0 Å². The summed E-state index contributed by atoms with van der Waals surface area (Å²) < 4.78 is 24.7. The molecule has 1 aliphatic heterocycles. The predicted octanol–water partition coefficient (Wildman–Crippen LogP) is 0.318. The van der Waals surface area contributed by atoms with E-state index < -0.39 is 9.84 Å². The lowest BCUT2D eigenvalue weighted by atomic mass is 10.2. The Kier molecular flexibility index (Phi) is 2.79. The fourth-order valence-electron chi connectivity index (χ4n) is 2.32. The van der Waals surface area contributed by atoms with Gasteiger partial charge in [-0.25, -0.2) is 8.42 Å². The molecule has 0 bridgehead atoms. The SMILES string of the molecule is Cc1nn([C@@H]2CCS(=O)(=O)C2)c(C)c1CN. The quantitative estimate of drug-likeness (QED) is 0.811. The van der Waals surface area contributed by atoms with Gasteiger partial charge in [-0.05, 0) is 20.3 Å². The van der Waals surface area contributed by atoms with E-state index in [0.717, 1.165) is 17.0 Å². The first-order valence-electron chi connectivity index (χ1n) is 5.39. The standard InChI is InChI=1S/C10H17N3O2S/c1-7-10(5-11)8(2)13(12-7)9-3-4-16(14,15)6-9/h9H,3-6,11H2,1-2H3/t9-/m1/s1. The van der Waals surface area contributed by atoms with Gasteiger partial charge in [0.1, 0.15) is 0 Å². The molecule has 16 heavy (non-hydrogen) atoms. The van der Waals surface area contributed by atoms with Gasteiger partial charge in [-0.1, -0.05) is 0 Å². The first kappa shape index (κ1) is 11.6. The lowest BCUT2D eigenvalue weighted by Gasteiger charge is -2.11. The molecule has 1 saturated heterocycles. The molecule has 0 amide bonds. The highest BCUT2D eigenvalue weighted by atomic mass is 32.2. The Morgan fingerprint density at radius 1 is 1.50 bits per heavy atom. The average Bonchev–Trinajstić information content (AvgIpc) is 2.68. The molecule has 1 aromatic rings. The Labute approximate surface area is 95.6 Å². The van der Waals surface area contributed by atoms with Crippen molar-refractivity contribution in [2.45, 2.75) is 32.9 Å². The molecule has 2 heterocycles. The first-order valence-corrected chi connectivity index (χ1v) is 7.22. The second kappa shape index (κ2) is 3.85. The normalized spacial score (nSPS) is 23.8. The van der Waals surface area contributed by atoms with E-state index in [4.69, 9.17) is 5.73 Å². The minimum atomic E-state index is -2.86. The van der Waals surface area contributed by atoms with Crippen molar-refractivity contribution in [3.63, 3.8) is 0 Å². The molecule has 0 saturated carbocycles. The number of aromatic nitrogens is 2. The molecule has 0 aromatic carbocycles. The molecule has 1 aromatic heterocycles. The summed E-state index contributed by atoms with van der Waals surface area (Å²) in [5.74, 6) is 0.479. The molecular weight excluding hydrogens is 226 g/mol. The van der Waals surface area contributed by atoms with Crippen LogP contribution in [-0.4, -0.2) is 29.7 Å². The van der Waals surface area contributed by atoms with Crippen molar-refractivity contribution in [2.24, 2.45) is 5.73 Å². The Balaban J connectivity index is 2.36. The van der Waals surface area contributed by atoms with Gasteiger partial charge in [-0.15, -0.1) is 0 Å². The van der Waals surface area contributed by atoms with Crippen LogP contribution in [0.1, 0.15) is 29.4 Å². The number of aryl methyl sites for hydroxylation is 1. The Bertz CT molecular complexity index is 504. The van der Waals surface area contributed by atoms with E-state index in [0.29, 0.717) is 13.0 Å². The van der Waals surface area contributed by atoms with Crippen LogP contribution in [0.3, 0.4) is 0 Å². The van der Waals surface area contributed by atoms with Crippen LogP contribution in [0.2, 0.25) is 0 Å². The highest BCUT2D eigenvalue weighted by Gasteiger charge is 2.31. The van der Waals surface area contributed by atoms with E-state index in [1.54, 1.807) is 0 Å². The zero-order valence-corrected chi connectivity index (χ0v) is 10.4. The third-order valence-electron chi connectivity index (χ3n) is 3.23. The van der Waals surface area contributed by atoms with Gasteiger partial charge in [0.25, 0.3) is 0 Å². The van der Waals surface area contributed by atoms with Gasteiger partial charge in [0.05, 0.1) is 23.2 Å². The summed E-state index contributed by atoms with van der Waals surface area (Å²) in [6, 6.07) is -0.0102. The number of hydrogen-bond donors (Lipinski definition) is 1. The van der Waals surface area contributed by atoms with E-state index in [1.165, 1.54) is 0 Å². The minimum absolute atomic E-state index is 0.0102. The number of sulfone groups is 1. The highest BCUT2D eigenvalue weighted by molar-refractivity contribution is 7.91. The number of nitrogens with zero attached hydrogens (tertiary/aromatic N) is 2. The van der Waals surface area contributed by atoms with Crippen LogP contribution in [0.15, 0.2) is 0 Å². The summed E-state index contributed by atoms with van der Waals surface area (Å²) in [5, 5.41) is 4.40. The molecule has 0 spiro atoms. The zero-order valence-electron chi connectivity index (χ0n) is 9.60. The third-order valence-corrected chi connectivity index (χ3v) is 4.98. The highest BCUT2D eigenvalue weighted by Crippen LogP contribution is 2.26. The van der Waals surface area contributed by atoms with Gasteiger partial charge in [-0.3, -0.25) is 4.68 Å². The van der Waals surface area contributed by atoms with Crippen molar-refractivity contribution in [1.29, 1.82) is 0 Å². The van der Waals surface area contributed by atoms with Gasteiger partial charge in [0, 0.05) is 17.8 Å². The van der Waals surface area contributed by atoms with Gasteiger partial charge in [0.2, 0.25) is 0 Å². The molecule has 90 valence electrons. The minimum Gasteiger partial charge on any atom is -0.326 e. The number of hydrogen-bond acceptors (Lipinski definition) is 4. The van der Waals surface area contributed by atoms with Crippen molar-refractivity contribution in [3.05, 3.63) is 17.0 Å². The van der Waals surface area contributed by atoms with Crippen molar-refractivity contribution in [1.82, 2.24) is 9.78 Å². The maximum absolute atomic E-state index is 11.4. The average molecular weight is 243 g/mol. The molecule has 5 nitrogen and oxygen atoms in total. The summed E-state index contributed by atoms with van der Waals surface area (Å²) in [7, 11) is -2.86. The van der Waals surface area contributed by atoms with Gasteiger partial charge in [0.15, 0.2) is 9.84 Å². The lowest BCUT2D eigenvalue weighted by Crippen LogP contribution is -2.14. The van der Waals surface area contributed by atoms with Crippen LogP contribution in [0, 0.1) is 13.8 Å². The van der Waals surface area contributed by atoms with Gasteiger partial charge < -0.3 is 5.73 Å². The maximum atomic E-state index is 11.4. The molecule has 0 unspecified atom stereocenters. The van der Waals surface area contributed by atoms with Crippen molar-refractivity contribution >= 4 is 9.84 Å². The fourth-order valence-corrected chi connectivity index (χ4v) is 4.01. The molecule has 1 atom stereocenters. The fraction of sp³-hybridized carbons (Fsp3) is 0.700. The van der Waals surface area contributed by atoms with Crippen LogP contribution in [0.5, 0.6) is 0 Å². The van der Waals surface area contributed by atoms with Crippen molar-refractivity contribution in [2.75, 3.05) is 11.5 Å². The van der Waals surface area contributed by atoms with E-state index in [-0.39, 0.29) is 17.5 Å². The van der Waals surface area contributed by atoms with Crippen LogP contribution in [0.4, 0.5) is 0 Å². The molecule has 1 fully saturated rings.